The summed E-state index contributed by atoms with van der Waals surface area (Å²) in [5.41, 5.74) is 0. The van der Waals surface area contributed by atoms with E-state index in [0.717, 1.165) is 25.7 Å². The first-order valence-corrected chi connectivity index (χ1v) is 15.6. The standard InChI is InChI=1S/C30H50NO9P/c1-6-7-8-9-10-11-12-13-14-15-16-17-18-20-28(33)21-19-22-30(34)40-29(25-37-27(2)32)26-39-41(35,36)38-24-23-31(3,4)5/h7-8,10-11,13-14,16-18,20,28-29,33H,6,9,12,15,19,21-26H2,1-5H3/p+1/b8-7-,11-10-,14-13-,17-16-,20-18+/t28?,29-/m1/s1. The van der Waals surface area contributed by atoms with Gasteiger partial charge in [0.25, 0.3) is 0 Å². The summed E-state index contributed by atoms with van der Waals surface area (Å²) < 4.78 is 32.7. The molecule has 0 aliphatic heterocycles. The third-order valence-corrected chi connectivity index (χ3v) is 6.21. The van der Waals surface area contributed by atoms with Crippen LogP contribution in [-0.4, -0.2) is 86.1 Å². The highest BCUT2D eigenvalue weighted by molar-refractivity contribution is 7.47. The molecule has 0 amide bonds. The smallest absolute Gasteiger partial charge is 0.462 e. The summed E-state index contributed by atoms with van der Waals surface area (Å²) in [7, 11) is 1.33. The van der Waals surface area contributed by atoms with Crippen molar-refractivity contribution in [2.75, 3.05) is 47.5 Å². The zero-order chi connectivity index (χ0) is 31.0. The van der Waals surface area contributed by atoms with Gasteiger partial charge in [0.15, 0.2) is 6.10 Å². The van der Waals surface area contributed by atoms with E-state index in [9.17, 15) is 24.2 Å². The van der Waals surface area contributed by atoms with Crippen molar-refractivity contribution in [1.82, 2.24) is 0 Å². The molecular weight excluding hydrogens is 549 g/mol. The highest BCUT2D eigenvalue weighted by Crippen LogP contribution is 2.43. The fraction of sp³-hybridized carbons (Fsp3) is 0.600. The van der Waals surface area contributed by atoms with E-state index in [1.54, 1.807) is 12.2 Å². The number of nitrogens with zero attached hydrogens (tertiary/aromatic N) is 1. The van der Waals surface area contributed by atoms with Crippen molar-refractivity contribution in [3.8, 4) is 0 Å². The zero-order valence-electron chi connectivity index (χ0n) is 25.4. The number of allylic oxidation sites excluding steroid dienone is 9. The summed E-state index contributed by atoms with van der Waals surface area (Å²) in [4.78, 5) is 33.3. The first kappa shape index (κ1) is 38.7. The Morgan fingerprint density at radius 1 is 0.902 bits per heavy atom. The second-order valence-corrected chi connectivity index (χ2v) is 11.8. The van der Waals surface area contributed by atoms with E-state index in [4.69, 9.17) is 18.5 Å². The maximum Gasteiger partial charge on any atom is 0.472 e. The molecule has 11 heteroatoms. The Balaban J connectivity index is 4.37. The number of hydrogen-bond acceptors (Lipinski definition) is 8. The summed E-state index contributed by atoms with van der Waals surface area (Å²) in [5, 5.41) is 10.1. The lowest BCUT2D eigenvalue weighted by molar-refractivity contribution is -0.870. The average Bonchev–Trinajstić information content (AvgIpc) is 2.87. The second-order valence-electron chi connectivity index (χ2n) is 10.3. The number of hydrogen-bond donors (Lipinski definition) is 2. The Kier molecular flexibility index (Phi) is 21.9. The molecule has 0 radical (unpaired) electrons. The van der Waals surface area contributed by atoms with Gasteiger partial charge in [0, 0.05) is 13.3 Å². The van der Waals surface area contributed by atoms with Crippen LogP contribution in [0.2, 0.25) is 0 Å². The fourth-order valence-electron chi connectivity index (χ4n) is 3.00. The number of rotatable bonds is 23. The monoisotopic (exact) mass is 600 g/mol. The first-order chi connectivity index (χ1) is 19.3. The third kappa shape index (κ3) is 27.6. The van der Waals surface area contributed by atoms with Gasteiger partial charge in [-0.2, -0.15) is 0 Å². The molecule has 3 atom stereocenters. The molecule has 41 heavy (non-hydrogen) atoms. The molecular formula is C30H51NO9P+. The Morgan fingerprint density at radius 2 is 1.51 bits per heavy atom. The molecule has 0 bridgehead atoms. The van der Waals surface area contributed by atoms with Crippen molar-refractivity contribution in [3.63, 3.8) is 0 Å². The molecule has 0 spiro atoms. The molecule has 234 valence electrons. The van der Waals surface area contributed by atoms with Crippen LogP contribution in [0, 0.1) is 0 Å². The average molecular weight is 601 g/mol. The highest BCUT2D eigenvalue weighted by atomic mass is 31.2. The van der Waals surface area contributed by atoms with Gasteiger partial charge in [-0.25, -0.2) is 4.57 Å². The van der Waals surface area contributed by atoms with Gasteiger partial charge in [0.05, 0.1) is 33.9 Å². The fourth-order valence-corrected chi connectivity index (χ4v) is 3.74. The lowest BCUT2D eigenvalue weighted by Crippen LogP contribution is -2.37. The molecule has 0 aliphatic carbocycles. The van der Waals surface area contributed by atoms with Gasteiger partial charge in [-0.3, -0.25) is 18.6 Å². The first-order valence-electron chi connectivity index (χ1n) is 14.1. The Morgan fingerprint density at radius 3 is 2.10 bits per heavy atom. The molecule has 10 nitrogen and oxygen atoms in total. The van der Waals surface area contributed by atoms with Crippen molar-refractivity contribution >= 4 is 19.8 Å². The molecule has 0 rings (SSSR count). The highest BCUT2D eigenvalue weighted by Gasteiger charge is 2.26. The zero-order valence-corrected chi connectivity index (χ0v) is 26.2. The third-order valence-electron chi connectivity index (χ3n) is 5.22. The van der Waals surface area contributed by atoms with Crippen LogP contribution in [0.25, 0.3) is 0 Å². The number of phosphoric acid groups is 1. The molecule has 0 aromatic carbocycles. The Bertz CT molecular complexity index is 919. The number of phosphoric ester groups is 1. The van der Waals surface area contributed by atoms with Gasteiger partial charge in [-0.1, -0.05) is 67.7 Å². The van der Waals surface area contributed by atoms with E-state index in [-0.39, 0.29) is 19.6 Å². The van der Waals surface area contributed by atoms with E-state index in [1.807, 2.05) is 33.3 Å². The molecule has 2 N–H and O–H groups in total. The number of carbonyl (C=O) groups is 2. The van der Waals surface area contributed by atoms with Crippen LogP contribution in [-0.2, 0) is 32.7 Å². The van der Waals surface area contributed by atoms with Gasteiger partial charge in [-0.05, 0) is 38.5 Å². The Hall–Kier alpha value is -2.33. The number of aliphatic hydroxyl groups is 1. The number of aliphatic hydroxyl groups excluding tert-OH is 1. The predicted molar refractivity (Wildman–Crippen MR) is 161 cm³/mol. The molecule has 0 aromatic heterocycles. The van der Waals surface area contributed by atoms with Crippen LogP contribution in [0.15, 0.2) is 60.8 Å². The van der Waals surface area contributed by atoms with Crippen molar-refractivity contribution in [2.45, 2.75) is 71.0 Å². The molecule has 2 unspecified atom stereocenters. The number of carbonyl (C=O) groups excluding carboxylic acids is 2. The Labute approximate surface area is 246 Å². The maximum atomic E-state index is 12.3. The van der Waals surface area contributed by atoms with E-state index >= 15 is 0 Å². The van der Waals surface area contributed by atoms with Crippen molar-refractivity contribution < 1.29 is 47.2 Å². The summed E-state index contributed by atoms with van der Waals surface area (Å²) in [6, 6.07) is 0. The van der Waals surface area contributed by atoms with E-state index in [1.165, 1.54) is 6.92 Å². The number of likely N-dealkylation sites (N-methyl/N-ethyl adjacent to an activating group) is 1. The molecule has 0 saturated carbocycles. The summed E-state index contributed by atoms with van der Waals surface area (Å²) in [5.74, 6) is -1.21. The van der Waals surface area contributed by atoms with Crippen LogP contribution < -0.4 is 0 Å². The summed E-state index contributed by atoms with van der Waals surface area (Å²) in [6.45, 7) is 2.95. The van der Waals surface area contributed by atoms with E-state index < -0.39 is 38.6 Å². The van der Waals surface area contributed by atoms with Crippen LogP contribution in [0.3, 0.4) is 0 Å². The van der Waals surface area contributed by atoms with Gasteiger partial charge in [0.2, 0.25) is 0 Å². The molecule has 0 saturated heterocycles. The summed E-state index contributed by atoms with van der Waals surface area (Å²) in [6.07, 6.45) is 22.6. The topological polar surface area (TPSA) is 129 Å². The van der Waals surface area contributed by atoms with Crippen molar-refractivity contribution in [3.05, 3.63) is 60.8 Å². The summed E-state index contributed by atoms with van der Waals surface area (Å²) >= 11 is 0. The van der Waals surface area contributed by atoms with E-state index in [2.05, 4.69) is 43.4 Å². The minimum atomic E-state index is -4.38. The minimum absolute atomic E-state index is 0.00221. The molecule has 0 fully saturated rings. The lowest BCUT2D eigenvalue weighted by Gasteiger charge is -2.24. The van der Waals surface area contributed by atoms with Gasteiger partial charge in [0.1, 0.15) is 19.8 Å². The number of ether oxygens (including phenoxy) is 2. The SMILES string of the molecule is CC/C=C\C/C=C\C/C=C\C/C=C\C=C\C(O)CCCC(=O)O[C@H](COC(C)=O)COP(=O)(O)OCC[N+](C)(C)C. The van der Waals surface area contributed by atoms with Crippen molar-refractivity contribution in [1.29, 1.82) is 0 Å². The van der Waals surface area contributed by atoms with Crippen molar-refractivity contribution in [2.24, 2.45) is 0 Å². The van der Waals surface area contributed by atoms with Gasteiger partial charge in [-0.15, -0.1) is 0 Å². The number of quaternary nitrogens is 1. The largest absolute Gasteiger partial charge is 0.472 e. The van der Waals surface area contributed by atoms with Crippen LogP contribution in [0.1, 0.15) is 58.8 Å². The number of esters is 2. The van der Waals surface area contributed by atoms with Gasteiger partial charge >= 0.3 is 19.8 Å². The minimum Gasteiger partial charge on any atom is -0.462 e. The quantitative estimate of drug-likeness (QED) is 0.0535. The molecule has 0 heterocycles. The van der Waals surface area contributed by atoms with Gasteiger partial charge < -0.3 is 24.0 Å². The second kappa shape index (κ2) is 23.3. The maximum absolute atomic E-state index is 12.3. The van der Waals surface area contributed by atoms with E-state index in [0.29, 0.717) is 23.9 Å². The molecule has 0 aliphatic rings. The van der Waals surface area contributed by atoms with Crippen LogP contribution in [0.5, 0.6) is 0 Å². The lowest BCUT2D eigenvalue weighted by atomic mass is 10.1. The van der Waals surface area contributed by atoms with Crippen LogP contribution in [0.4, 0.5) is 0 Å². The normalized spacial score (nSPS) is 15.8. The predicted octanol–water partition coefficient (Wildman–Crippen LogP) is 5.19. The molecule has 0 aromatic rings. The van der Waals surface area contributed by atoms with Crippen LogP contribution >= 0.6 is 7.82 Å².